The number of aryl methyl sites for hydroxylation is 2. The Morgan fingerprint density at radius 3 is 3.00 bits per heavy atom. The molecule has 1 unspecified atom stereocenters. The van der Waals surface area contributed by atoms with Crippen molar-refractivity contribution in [3.63, 3.8) is 0 Å². The Morgan fingerprint density at radius 2 is 2.31 bits per heavy atom. The highest BCUT2D eigenvalue weighted by atomic mass is 35.5. The second-order valence-electron chi connectivity index (χ2n) is 6.44. The maximum absolute atomic E-state index is 13.1. The van der Waals surface area contributed by atoms with Crippen LogP contribution in [0, 0.1) is 6.92 Å². The lowest BCUT2D eigenvalue weighted by Gasteiger charge is -2.22. The zero-order chi connectivity index (χ0) is 18.3. The fraction of sp³-hybridized carbons (Fsp3) is 0.389. The number of nitrogens with zero attached hydrogens (tertiary/aromatic N) is 4. The van der Waals surface area contributed by atoms with E-state index in [9.17, 15) is 4.79 Å². The van der Waals surface area contributed by atoms with Gasteiger partial charge in [-0.3, -0.25) is 14.4 Å². The number of hydrogen-bond acceptors (Lipinski definition) is 5. The molecule has 26 heavy (non-hydrogen) atoms. The van der Waals surface area contributed by atoms with E-state index >= 15 is 0 Å². The molecule has 1 aromatic carbocycles. The molecule has 0 saturated carbocycles. The minimum Gasteiger partial charge on any atom is -0.376 e. The third-order valence-corrected chi connectivity index (χ3v) is 6.01. The molecule has 4 rings (SSSR count). The van der Waals surface area contributed by atoms with E-state index in [0.29, 0.717) is 22.4 Å². The lowest BCUT2D eigenvalue weighted by atomic mass is 10.2. The molecule has 1 fully saturated rings. The molecule has 2 aromatic heterocycles. The summed E-state index contributed by atoms with van der Waals surface area (Å²) in [6.45, 7) is 3.16. The quantitative estimate of drug-likeness (QED) is 0.679. The van der Waals surface area contributed by atoms with Crippen LogP contribution in [0.3, 0.4) is 0 Å². The molecule has 0 bridgehead atoms. The Hall–Kier alpha value is -1.96. The van der Waals surface area contributed by atoms with Gasteiger partial charge in [-0.2, -0.15) is 5.10 Å². The molecule has 1 aliphatic heterocycles. The predicted octanol–water partition coefficient (Wildman–Crippen LogP) is 3.82. The Kier molecular flexibility index (Phi) is 4.69. The second kappa shape index (κ2) is 6.98. The lowest BCUT2D eigenvalue weighted by Crippen LogP contribution is -2.37. The lowest BCUT2D eigenvalue weighted by molar-refractivity contribution is 0.0913. The Morgan fingerprint density at radius 1 is 1.46 bits per heavy atom. The number of amides is 1. The number of thiazole rings is 1. The molecule has 0 N–H and O–H groups in total. The van der Waals surface area contributed by atoms with E-state index in [1.165, 1.54) is 11.3 Å². The molecule has 1 amide bonds. The summed E-state index contributed by atoms with van der Waals surface area (Å²) in [5, 5.41) is 5.58. The van der Waals surface area contributed by atoms with Gasteiger partial charge >= 0.3 is 0 Å². The number of aromatic nitrogens is 3. The fourth-order valence-corrected chi connectivity index (χ4v) is 4.30. The third kappa shape index (κ3) is 3.22. The molecular weight excluding hydrogens is 372 g/mol. The van der Waals surface area contributed by atoms with Gasteiger partial charge in [0.05, 0.1) is 22.9 Å². The summed E-state index contributed by atoms with van der Waals surface area (Å²) in [6.07, 6.45) is 3.76. The molecule has 0 aliphatic carbocycles. The molecule has 3 aromatic rings. The monoisotopic (exact) mass is 390 g/mol. The van der Waals surface area contributed by atoms with Crippen molar-refractivity contribution >= 4 is 44.2 Å². The largest absolute Gasteiger partial charge is 0.376 e. The summed E-state index contributed by atoms with van der Waals surface area (Å²) >= 11 is 7.71. The fourth-order valence-electron chi connectivity index (χ4n) is 3.11. The van der Waals surface area contributed by atoms with Crippen LogP contribution in [0.25, 0.3) is 10.2 Å². The van der Waals surface area contributed by atoms with Crippen LogP contribution < -0.4 is 4.90 Å². The highest BCUT2D eigenvalue weighted by molar-refractivity contribution is 7.22. The van der Waals surface area contributed by atoms with Crippen molar-refractivity contribution in [2.45, 2.75) is 25.9 Å². The summed E-state index contributed by atoms with van der Waals surface area (Å²) in [7, 11) is 1.80. The minimum atomic E-state index is -0.163. The van der Waals surface area contributed by atoms with Crippen molar-refractivity contribution < 1.29 is 9.53 Å². The molecule has 0 radical (unpaired) electrons. The molecule has 8 heteroatoms. The highest BCUT2D eigenvalue weighted by Crippen LogP contribution is 2.34. The normalized spacial score (nSPS) is 17.1. The van der Waals surface area contributed by atoms with Crippen molar-refractivity contribution in [3.05, 3.63) is 40.7 Å². The maximum atomic E-state index is 13.1. The maximum Gasteiger partial charge on any atom is 0.280 e. The molecule has 6 nitrogen and oxygen atoms in total. The first-order chi connectivity index (χ1) is 12.5. The first-order valence-electron chi connectivity index (χ1n) is 8.51. The van der Waals surface area contributed by atoms with E-state index < -0.39 is 0 Å². The first-order valence-corrected chi connectivity index (χ1v) is 9.71. The van der Waals surface area contributed by atoms with Crippen LogP contribution in [0.5, 0.6) is 0 Å². The van der Waals surface area contributed by atoms with Gasteiger partial charge in [-0.05, 0) is 43.5 Å². The van der Waals surface area contributed by atoms with Gasteiger partial charge < -0.3 is 4.74 Å². The van der Waals surface area contributed by atoms with Crippen molar-refractivity contribution in [1.29, 1.82) is 0 Å². The van der Waals surface area contributed by atoms with Crippen LogP contribution >= 0.6 is 22.9 Å². The van der Waals surface area contributed by atoms with E-state index in [1.807, 2.05) is 19.1 Å². The number of carbonyl (C=O) groups excluding carboxylic acids is 1. The SMILES string of the molecule is Cc1c(Cl)ccc2sc(N(CC3CCCO3)C(=O)c3ccn(C)n3)nc12. The standard InChI is InChI=1S/C18H19ClN4O2S/c1-11-13(19)5-6-15-16(11)20-18(26-15)23(10-12-4-3-9-25-12)17(24)14-7-8-22(2)21-14/h5-8,12H,3-4,9-10H2,1-2H3. The number of benzene rings is 1. The minimum absolute atomic E-state index is 0.0272. The molecule has 1 aliphatic rings. The average Bonchev–Trinajstić information content (AvgIpc) is 3.36. The number of anilines is 1. The van der Waals surface area contributed by atoms with Crippen molar-refractivity contribution in [2.24, 2.45) is 7.05 Å². The third-order valence-electron chi connectivity index (χ3n) is 4.56. The highest BCUT2D eigenvalue weighted by Gasteiger charge is 2.28. The van der Waals surface area contributed by atoms with Crippen molar-refractivity contribution in [1.82, 2.24) is 14.8 Å². The topological polar surface area (TPSA) is 60.2 Å². The van der Waals surface area contributed by atoms with Crippen LogP contribution in [-0.2, 0) is 11.8 Å². The van der Waals surface area contributed by atoms with Gasteiger partial charge in [0.25, 0.3) is 5.91 Å². The van der Waals surface area contributed by atoms with Crippen molar-refractivity contribution in [2.75, 3.05) is 18.1 Å². The van der Waals surface area contributed by atoms with Gasteiger partial charge in [-0.1, -0.05) is 22.9 Å². The molecule has 1 saturated heterocycles. The van der Waals surface area contributed by atoms with E-state index in [-0.39, 0.29) is 12.0 Å². The van der Waals surface area contributed by atoms with Crippen LogP contribution in [0.2, 0.25) is 5.02 Å². The summed E-state index contributed by atoms with van der Waals surface area (Å²) in [6, 6.07) is 5.54. The van der Waals surface area contributed by atoms with Crippen LogP contribution in [-0.4, -0.2) is 39.9 Å². The van der Waals surface area contributed by atoms with Crippen LogP contribution in [0.4, 0.5) is 5.13 Å². The zero-order valence-corrected chi connectivity index (χ0v) is 16.2. The number of halogens is 1. The summed E-state index contributed by atoms with van der Waals surface area (Å²) < 4.78 is 8.38. The number of ether oxygens (including phenoxy) is 1. The Labute approximate surface area is 160 Å². The van der Waals surface area contributed by atoms with Gasteiger partial charge in [0, 0.05) is 24.9 Å². The number of carbonyl (C=O) groups is 1. The van der Waals surface area contributed by atoms with Gasteiger partial charge in [0.1, 0.15) is 0 Å². The second-order valence-corrected chi connectivity index (χ2v) is 7.86. The van der Waals surface area contributed by atoms with E-state index in [0.717, 1.165) is 35.2 Å². The molecule has 136 valence electrons. The van der Waals surface area contributed by atoms with E-state index in [1.54, 1.807) is 28.9 Å². The number of rotatable bonds is 4. The summed E-state index contributed by atoms with van der Waals surface area (Å²) in [4.78, 5) is 19.5. The van der Waals surface area contributed by atoms with Gasteiger partial charge in [0.15, 0.2) is 10.8 Å². The summed E-state index contributed by atoms with van der Waals surface area (Å²) in [5.41, 5.74) is 2.16. The van der Waals surface area contributed by atoms with E-state index in [2.05, 4.69) is 5.10 Å². The van der Waals surface area contributed by atoms with Crippen LogP contribution in [0.1, 0.15) is 28.9 Å². The Bertz CT molecular complexity index is 961. The predicted molar refractivity (Wildman–Crippen MR) is 103 cm³/mol. The smallest absolute Gasteiger partial charge is 0.280 e. The van der Waals surface area contributed by atoms with Gasteiger partial charge in [0.2, 0.25) is 0 Å². The number of hydrogen-bond donors (Lipinski definition) is 0. The van der Waals surface area contributed by atoms with Crippen molar-refractivity contribution in [3.8, 4) is 0 Å². The van der Waals surface area contributed by atoms with E-state index in [4.69, 9.17) is 21.3 Å². The average molecular weight is 391 g/mol. The first kappa shape index (κ1) is 17.5. The Balaban J connectivity index is 1.74. The zero-order valence-electron chi connectivity index (χ0n) is 14.6. The summed E-state index contributed by atoms with van der Waals surface area (Å²) in [5.74, 6) is -0.163. The van der Waals surface area contributed by atoms with Gasteiger partial charge in [-0.25, -0.2) is 4.98 Å². The molecule has 1 atom stereocenters. The molecular formula is C18H19ClN4O2S. The van der Waals surface area contributed by atoms with Gasteiger partial charge in [-0.15, -0.1) is 0 Å². The van der Waals surface area contributed by atoms with Crippen LogP contribution in [0.15, 0.2) is 24.4 Å². The number of fused-ring (bicyclic) bond motifs is 1. The molecule has 3 heterocycles. The molecule has 0 spiro atoms.